The minimum absolute atomic E-state index is 0.472. The smallest absolute Gasteiger partial charge is 0.232 e. The minimum Gasteiger partial charge on any atom is -0.368 e. The van der Waals surface area contributed by atoms with Crippen molar-refractivity contribution in [2.45, 2.75) is 13.0 Å². The van der Waals surface area contributed by atoms with Crippen LogP contribution in [0, 0.1) is 0 Å². The largest absolute Gasteiger partial charge is 0.368 e. The zero-order chi connectivity index (χ0) is 9.84. The van der Waals surface area contributed by atoms with E-state index in [0.29, 0.717) is 0 Å². The van der Waals surface area contributed by atoms with E-state index in [0.717, 1.165) is 4.88 Å². The summed E-state index contributed by atoms with van der Waals surface area (Å²) < 4.78 is 4.96. The van der Waals surface area contributed by atoms with Crippen molar-refractivity contribution in [1.82, 2.24) is 0 Å². The van der Waals surface area contributed by atoms with Gasteiger partial charge in [-0.1, -0.05) is 6.07 Å². The molecule has 0 N–H and O–H groups in total. The van der Waals surface area contributed by atoms with Crippen LogP contribution in [0.5, 0.6) is 0 Å². The topological polar surface area (TPSA) is 43.4 Å². The molecule has 0 bridgehead atoms. The normalized spacial score (nSPS) is 12.5. The number of Topliss-reactive ketones (excluding diaryl/α,β-unsaturated/α-hetero) is 2. The monoisotopic (exact) mass is 198 g/mol. The molecule has 0 aliphatic rings. The Hall–Kier alpha value is -1.000. The Balaban J connectivity index is 2.86. The Kier molecular flexibility index (Phi) is 3.33. The van der Waals surface area contributed by atoms with E-state index >= 15 is 0 Å². The molecule has 0 aromatic carbocycles. The van der Waals surface area contributed by atoms with Crippen LogP contribution in [0.2, 0.25) is 0 Å². The zero-order valence-corrected chi connectivity index (χ0v) is 8.26. The molecule has 1 heterocycles. The Bertz CT molecular complexity index is 303. The lowest BCUT2D eigenvalue weighted by molar-refractivity contribution is -0.141. The summed E-state index contributed by atoms with van der Waals surface area (Å²) in [6, 6.07) is 3.60. The fraction of sp³-hybridized carbons (Fsp3) is 0.333. The molecule has 1 atom stereocenters. The first-order valence-corrected chi connectivity index (χ1v) is 4.65. The standard InChI is InChI=1S/C9H10O3S/c1-6(10)8(11)9(12-2)7-4-3-5-13-7/h3-5,9H,1-2H3. The van der Waals surface area contributed by atoms with Gasteiger partial charge in [0.05, 0.1) is 0 Å². The van der Waals surface area contributed by atoms with Crippen LogP contribution in [-0.4, -0.2) is 18.7 Å². The molecule has 13 heavy (non-hydrogen) atoms. The van der Waals surface area contributed by atoms with Gasteiger partial charge in [0.2, 0.25) is 5.78 Å². The predicted molar refractivity (Wildman–Crippen MR) is 49.8 cm³/mol. The maximum Gasteiger partial charge on any atom is 0.232 e. The Morgan fingerprint density at radius 3 is 2.62 bits per heavy atom. The third-order valence-electron chi connectivity index (χ3n) is 1.62. The van der Waals surface area contributed by atoms with Crippen LogP contribution in [-0.2, 0) is 14.3 Å². The average molecular weight is 198 g/mol. The number of hydrogen-bond acceptors (Lipinski definition) is 4. The van der Waals surface area contributed by atoms with Gasteiger partial charge in [-0.3, -0.25) is 9.59 Å². The molecule has 1 rings (SSSR count). The number of ketones is 2. The molecule has 0 radical (unpaired) electrons. The molecule has 0 aliphatic heterocycles. The highest BCUT2D eigenvalue weighted by Gasteiger charge is 2.24. The summed E-state index contributed by atoms with van der Waals surface area (Å²) in [7, 11) is 1.42. The second kappa shape index (κ2) is 4.30. The molecule has 1 aromatic rings. The van der Waals surface area contributed by atoms with E-state index in [1.165, 1.54) is 25.4 Å². The van der Waals surface area contributed by atoms with Crippen LogP contribution in [0.1, 0.15) is 17.9 Å². The summed E-state index contributed by atoms with van der Waals surface area (Å²) in [6.07, 6.45) is -0.725. The molecule has 1 unspecified atom stereocenters. The molecular weight excluding hydrogens is 188 g/mol. The van der Waals surface area contributed by atoms with Gasteiger partial charge in [0.15, 0.2) is 11.9 Å². The molecule has 0 fully saturated rings. The van der Waals surface area contributed by atoms with Crippen LogP contribution in [0.25, 0.3) is 0 Å². The third kappa shape index (κ3) is 2.23. The molecule has 0 spiro atoms. The van der Waals surface area contributed by atoms with E-state index in [2.05, 4.69) is 0 Å². The van der Waals surface area contributed by atoms with Crippen molar-refractivity contribution in [3.05, 3.63) is 22.4 Å². The number of thiophene rings is 1. The van der Waals surface area contributed by atoms with Crippen LogP contribution < -0.4 is 0 Å². The van der Waals surface area contributed by atoms with E-state index in [1.54, 1.807) is 6.07 Å². The van der Waals surface area contributed by atoms with Crippen LogP contribution in [0.4, 0.5) is 0 Å². The Morgan fingerprint density at radius 2 is 2.23 bits per heavy atom. The lowest BCUT2D eigenvalue weighted by atomic mass is 10.1. The molecule has 70 valence electrons. The summed E-state index contributed by atoms with van der Waals surface area (Å²) in [5, 5.41) is 1.84. The quantitative estimate of drug-likeness (QED) is 0.690. The van der Waals surface area contributed by atoms with Gasteiger partial charge < -0.3 is 4.74 Å². The van der Waals surface area contributed by atoms with Crippen molar-refractivity contribution in [2.24, 2.45) is 0 Å². The van der Waals surface area contributed by atoms with Crippen LogP contribution >= 0.6 is 11.3 Å². The van der Waals surface area contributed by atoms with Gasteiger partial charge in [0.25, 0.3) is 0 Å². The molecule has 0 amide bonds. The Morgan fingerprint density at radius 1 is 1.54 bits per heavy atom. The van der Waals surface area contributed by atoms with E-state index < -0.39 is 17.7 Å². The number of hydrogen-bond donors (Lipinski definition) is 0. The zero-order valence-electron chi connectivity index (χ0n) is 7.44. The fourth-order valence-electron chi connectivity index (χ4n) is 0.977. The van der Waals surface area contributed by atoms with Gasteiger partial charge in [-0.05, 0) is 11.4 Å². The van der Waals surface area contributed by atoms with E-state index in [9.17, 15) is 9.59 Å². The molecule has 1 aromatic heterocycles. The fourth-order valence-corrected chi connectivity index (χ4v) is 1.78. The second-order valence-corrected chi connectivity index (χ2v) is 3.53. The Labute approximate surface area is 80.3 Å². The maximum atomic E-state index is 11.3. The highest BCUT2D eigenvalue weighted by Crippen LogP contribution is 2.22. The van der Waals surface area contributed by atoms with Gasteiger partial charge in [-0.15, -0.1) is 11.3 Å². The number of carbonyl (C=O) groups is 2. The number of ether oxygens (including phenoxy) is 1. The SMILES string of the molecule is COC(C(=O)C(C)=O)c1cccs1. The summed E-state index contributed by atoms with van der Waals surface area (Å²) >= 11 is 1.40. The van der Waals surface area contributed by atoms with Crippen molar-refractivity contribution in [1.29, 1.82) is 0 Å². The highest BCUT2D eigenvalue weighted by atomic mass is 32.1. The first-order chi connectivity index (χ1) is 6.16. The van der Waals surface area contributed by atoms with Crippen molar-refractivity contribution < 1.29 is 14.3 Å². The summed E-state index contributed by atoms with van der Waals surface area (Å²) in [5.41, 5.74) is 0. The first-order valence-electron chi connectivity index (χ1n) is 3.77. The highest BCUT2D eigenvalue weighted by molar-refractivity contribution is 7.10. The summed E-state index contributed by atoms with van der Waals surface area (Å²) in [6.45, 7) is 1.25. The molecule has 0 saturated carbocycles. The summed E-state index contributed by atoms with van der Waals surface area (Å²) in [5.74, 6) is -0.967. The number of methoxy groups -OCH3 is 1. The lowest BCUT2D eigenvalue weighted by Gasteiger charge is -2.09. The van der Waals surface area contributed by atoms with Crippen molar-refractivity contribution >= 4 is 22.9 Å². The van der Waals surface area contributed by atoms with Gasteiger partial charge in [-0.25, -0.2) is 0 Å². The molecule has 0 saturated heterocycles. The molecular formula is C9H10O3S. The minimum atomic E-state index is -0.725. The molecule has 3 nitrogen and oxygen atoms in total. The van der Waals surface area contributed by atoms with Crippen molar-refractivity contribution in [2.75, 3.05) is 7.11 Å². The molecule has 4 heteroatoms. The predicted octanol–water partition coefficient (Wildman–Crippen LogP) is 1.59. The van der Waals surface area contributed by atoms with Crippen LogP contribution in [0.15, 0.2) is 17.5 Å². The van der Waals surface area contributed by atoms with Crippen LogP contribution in [0.3, 0.4) is 0 Å². The van der Waals surface area contributed by atoms with Gasteiger partial charge >= 0.3 is 0 Å². The number of rotatable bonds is 4. The maximum absolute atomic E-state index is 11.3. The molecule has 0 aliphatic carbocycles. The first kappa shape index (κ1) is 10.1. The lowest BCUT2D eigenvalue weighted by Crippen LogP contribution is -2.20. The van der Waals surface area contributed by atoms with E-state index in [1.807, 2.05) is 11.4 Å². The van der Waals surface area contributed by atoms with Crippen molar-refractivity contribution in [3.63, 3.8) is 0 Å². The van der Waals surface area contributed by atoms with Gasteiger partial charge in [-0.2, -0.15) is 0 Å². The summed E-state index contributed by atoms with van der Waals surface area (Å²) in [4.78, 5) is 22.9. The van der Waals surface area contributed by atoms with E-state index in [4.69, 9.17) is 4.74 Å². The van der Waals surface area contributed by atoms with Crippen molar-refractivity contribution in [3.8, 4) is 0 Å². The van der Waals surface area contributed by atoms with Gasteiger partial charge in [0, 0.05) is 18.9 Å². The van der Waals surface area contributed by atoms with E-state index in [-0.39, 0.29) is 0 Å². The average Bonchev–Trinajstić information content (AvgIpc) is 2.58. The number of carbonyl (C=O) groups excluding carboxylic acids is 2. The second-order valence-electron chi connectivity index (χ2n) is 2.55. The van der Waals surface area contributed by atoms with Gasteiger partial charge in [0.1, 0.15) is 0 Å². The third-order valence-corrected chi connectivity index (χ3v) is 2.54.